The molecule has 0 bridgehead atoms. The van der Waals surface area contributed by atoms with Crippen LogP contribution >= 0.6 is 36.7 Å². The van der Waals surface area contributed by atoms with Gasteiger partial charge in [-0.1, -0.05) is 36.4 Å². The first-order valence-electron chi connectivity index (χ1n) is 8.05. The van der Waals surface area contributed by atoms with Gasteiger partial charge < -0.3 is 5.32 Å². The average molecular weight is 418 g/mol. The van der Waals surface area contributed by atoms with Gasteiger partial charge in [0.25, 0.3) is 5.91 Å². The van der Waals surface area contributed by atoms with Crippen molar-refractivity contribution >= 4 is 42.6 Å². The second-order valence-corrected chi connectivity index (χ2v) is 7.24. The Hall–Kier alpha value is -2.00. The van der Waals surface area contributed by atoms with E-state index in [1.54, 1.807) is 0 Å². The van der Waals surface area contributed by atoms with Crippen molar-refractivity contribution in [1.29, 1.82) is 0 Å². The molecule has 1 amide bonds. The second-order valence-electron chi connectivity index (χ2n) is 4.97. The summed E-state index contributed by atoms with van der Waals surface area (Å²) in [7, 11) is 0. The van der Waals surface area contributed by atoms with Crippen molar-refractivity contribution in [2.45, 2.75) is 9.79 Å². The summed E-state index contributed by atoms with van der Waals surface area (Å²) in [6, 6.07) is 20.1. The number of hydrogen-bond donors (Lipinski definition) is 2. The molecule has 0 fully saturated rings. The Morgan fingerprint density at radius 3 is 1.93 bits per heavy atom. The lowest BCUT2D eigenvalue weighted by Gasteiger charge is -2.00. The number of rotatable bonds is 7. The summed E-state index contributed by atoms with van der Waals surface area (Å²) in [5.41, 5.74) is 0.472. The normalized spacial score (nSPS) is 9.81. The molecule has 0 saturated carbocycles. The smallest absolute Gasteiger partial charge is 0.254 e. The van der Waals surface area contributed by atoms with Crippen molar-refractivity contribution in [1.82, 2.24) is 15.3 Å². The molecule has 140 valence electrons. The van der Waals surface area contributed by atoms with E-state index in [1.165, 1.54) is 42.8 Å². The first-order valence-corrected chi connectivity index (χ1v) is 10.2. The Morgan fingerprint density at radius 1 is 0.926 bits per heavy atom. The lowest BCUT2D eigenvalue weighted by Crippen LogP contribution is -2.25. The van der Waals surface area contributed by atoms with Gasteiger partial charge in [-0.15, -0.1) is 0 Å². The largest absolute Gasteiger partial charge is 0.351 e. The first-order chi connectivity index (χ1) is 13.3. The standard InChI is InChI=1S/C12H10OS2.C7H9N3OS/c1-3-7-11(8-4-1)14-13-15-12-9-5-2-6-10-12;11-7(10-1-2-12)6-3-8-5-9-4-6/h1-10H;3-5,12H,1-2H2,(H,10,11). The van der Waals surface area contributed by atoms with Crippen LogP contribution in [0.15, 0.2) is 89.2 Å². The molecule has 1 aromatic heterocycles. The number of carbonyl (C=O) groups excluding carboxylic acids is 1. The highest BCUT2D eigenvalue weighted by Crippen LogP contribution is 2.28. The lowest BCUT2D eigenvalue weighted by atomic mass is 10.3. The van der Waals surface area contributed by atoms with E-state index in [1.807, 2.05) is 60.7 Å². The summed E-state index contributed by atoms with van der Waals surface area (Å²) in [6.45, 7) is 0.552. The fraction of sp³-hybridized carbons (Fsp3) is 0.105. The van der Waals surface area contributed by atoms with Crippen LogP contribution in [0, 0.1) is 0 Å². The van der Waals surface area contributed by atoms with Crippen LogP contribution in [0.25, 0.3) is 0 Å². The molecule has 8 heteroatoms. The third-order valence-corrected chi connectivity index (χ3v) is 4.66. The molecule has 0 unspecified atom stereocenters. The van der Waals surface area contributed by atoms with Crippen LogP contribution in [0.5, 0.6) is 0 Å². The summed E-state index contributed by atoms with van der Waals surface area (Å²) in [4.78, 5) is 20.8. The van der Waals surface area contributed by atoms with E-state index in [2.05, 4.69) is 27.9 Å². The molecule has 1 heterocycles. The van der Waals surface area contributed by atoms with Gasteiger partial charge in [0.15, 0.2) is 0 Å². The molecule has 0 radical (unpaired) electrons. The predicted octanol–water partition coefficient (Wildman–Crippen LogP) is 4.55. The van der Waals surface area contributed by atoms with Gasteiger partial charge in [0, 0.05) is 58.6 Å². The topological polar surface area (TPSA) is 64.1 Å². The van der Waals surface area contributed by atoms with Gasteiger partial charge in [-0.05, 0) is 24.3 Å². The van der Waals surface area contributed by atoms with Crippen molar-refractivity contribution in [3.8, 4) is 0 Å². The Bertz CT molecular complexity index is 738. The van der Waals surface area contributed by atoms with Crippen LogP contribution in [-0.2, 0) is 3.63 Å². The lowest BCUT2D eigenvalue weighted by molar-refractivity contribution is 0.0955. The van der Waals surface area contributed by atoms with Gasteiger partial charge in [0.2, 0.25) is 0 Å². The van der Waals surface area contributed by atoms with E-state index in [0.29, 0.717) is 17.9 Å². The second kappa shape index (κ2) is 13.2. The van der Waals surface area contributed by atoms with Gasteiger partial charge in [-0.2, -0.15) is 12.6 Å². The summed E-state index contributed by atoms with van der Waals surface area (Å²) in [6.07, 6.45) is 4.33. The maximum Gasteiger partial charge on any atom is 0.254 e. The van der Waals surface area contributed by atoms with Crippen LogP contribution in [0.3, 0.4) is 0 Å². The van der Waals surface area contributed by atoms with Crippen LogP contribution in [0.4, 0.5) is 0 Å². The number of nitrogens with zero attached hydrogens (tertiary/aromatic N) is 2. The minimum atomic E-state index is -0.162. The van der Waals surface area contributed by atoms with Crippen LogP contribution in [-0.4, -0.2) is 28.2 Å². The SMILES string of the molecule is O=C(NCCS)c1cncnc1.c1ccc(SOSc2ccccc2)cc1. The average Bonchev–Trinajstić information content (AvgIpc) is 2.75. The zero-order chi connectivity index (χ0) is 19.2. The fourth-order valence-electron chi connectivity index (χ4n) is 1.74. The molecular formula is C19H19N3O2S3. The fourth-order valence-corrected chi connectivity index (χ4v) is 3.15. The Morgan fingerprint density at radius 2 is 1.44 bits per heavy atom. The van der Waals surface area contributed by atoms with Gasteiger partial charge in [0.1, 0.15) is 6.33 Å². The molecule has 0 saturated heterocycles. The predicted molar refractivity (Wildman–Crippen MR) is 114 cm³/mol. The molecule has 0 aliphatic heterocycles. The van der Waals surface area contributed by atoms with Crippen LogP contribution < -0.4 is 5.32 Å². The number of nitrogens with one attached hydrogen (secondary N) is 1. The maximum absolute atomic E-state index is 11.2. The quantitative estimate of drug-likeness (QED) is 0.434. The van der Waals surface area contributed by atoms with Crippen molar-refractivity contribution in [3.63, 3.8) is 0 Å². The maximum atomic E-state index is 11.2. The number of aromatic nitrogens is 2. The third kappa shape index (κ3) is 8.96. The molecule has 3 aromatic rings. The summed E-state index contributed by atoms with van der Waals surface area (Å²) in [5.74, 6) is 0.462. The molecule has 0 atom stereocenters. The van der Waals surface area contributed by atoms with Crippen molar-refractivity contribution in [3.05, 3.63) is 84.9 Å². The molecule has 0 aliphatic carbocycles. The highest BCUT2D eigenvalue weighted by atomic mass is 32.2. The molecular weight excluding hydrogens is 398 g/mol. The van der Waals surface area contributed by atoms with E-state index >= 15 is 0 Å². The van der Waals surface area contributed by atoms with Gasteiger partial charge in [-0.25, -0.2) is 13.6 Å². The van der Waals surface area contributed by atoms with Crippen LogP contribution in [0.2, 0.25) is 0 Å². The Balaban J connectivity index is 0.000000199. The van der Waals surface area contributed by atoms with E-state index in [-0.39, 0.29) is 5.91 Å². The summed E-state index contributed by atoms with van der Waals surface area (Å²) in [5, 5.41) is 2.65. The Labute approximate surface area is 173 Å². The zero-order valence-corrected chi connectivity index (χ0v) is 16.9. The molecule has 2 aromatic carbocycles. The van der Waals surface area contributed by atoms with E-state index in [9.17, 15) is 4.79 Å². The van der Waals surface area contributed by atoms with Gasteiger partial charge >= 0.3 is 0 Å². The Kier molecular flexibility index (Phi) is 10.4. The van der Waals surface area contributed by atoms with Gasteiger partial charge in [0.05, 0.1) is 5.56 Å². The molecule has 0 spiro atoms. The van der Waals surface area contributed by atoms with E-state index in [0.717, 1.165) is 9.79 Å². The summed E-state index contributed by atoms with van der Waals surface area (Å²) >= 11 is 6.72. The van der Waals surface area contributed by atoms with E-state index in [4.69, 9.17) is 3.63 Å². The number of carbonyl (C=O) groups is 1. The molecule has 0 aliphatic rings. The molecule has 3 rings (SSSR count). The third-order valence-electron chi connectivity index (χ3n) is 2.97. The number of hydrogen-bond acceptors (Lipinski definition) is 7. The molecule has 1 N–H and O–H groups in total. The minimum Gasteiger partial charge on any atom is -0.351 e. The molecule has 27 heavy (non-hydrogen) atoms. The summed E-state index contributed by atoms with van der Waals surface area (Å²) < 4.78 is 5.44. The number of thiol groups is 1. The van der Waals surface area contributed by atoms with E-state index < -0.39 is 0 Å². The van der Waals surface area contributed by atoms with Gasteiger partial charge in [-0.3, -0.25) is 4.79 Å². The minimum absolute atomic E-state index is 0.162. The van der Waals surface area contributed by atoms with Crippen molar-refractivity contribution in [2.24, 2.45) is 0 Å². The first kappa shape index (κ1) is 21.3. The highest BCUT2D eigenvalue weighted by Gasteiger charge is 2.02. The van der Waals surface area contributed by atoms with Crippen molar-refractivity contribution in [2.75, 3.05) is 12.3 Å². The van der Waals surface area contributed by atoms with Crippen LogP contribution in [0.1, 0.15) is 10.4 Å². The number of amides is 1. The zero-order valence-electron chi connectivity index (χ0n) is 14.4. The highest BCUT2D eigenvalue weighted by molar-refractivity contribution is 8.07. The number of benzene rings is 2. The van der Waals surface area contributed by atoms with Crippen molar-refractivity contribution < 1.29 is 8.42 Å². The monoisotopic (exact) mass is 417 g/mol. The molecule has 5 nitrogen and oxygen atoms in total.